The van der Waals surface area contributed by atoms with Crippen molar-refractivity contribution in [3.63, 3.8) is 0 Å². The number of nitrogens with one attached hydrogen (secondary N) is 2. The number of benzene rings is 1. The van der Waals surface area contributed by atoms with Crippen LogP contribution in [0.2, 0.25) is 0 Å². The summed E-state index contributed by atoms with van der Waals surface area (Å²) in [5.74, 6) is 0.219. The fourth-order valence-corrected chi connectivity index (χ4v) is 3.60. The Balaban J connectivity index is 2.68. The number of methoxy groups -OCH3 is 1. The van der Waals surface area contributed by atoms with Gasteiger partial charge < -0.3 is 20.5 Å². The smallest absolute Gasteiger partial charge is 0.173 e. The molecule has 0 unspecified atom stereocenters. The number of Topliss-reactive ketones (excluding diaryl/α,β-unsaturated/α-hetero) is 1. The number of ketones is 1. The predicted molar refractivity (Wildman–Crippen MR) is 95.1 cm³/mol. The molecule has 1 aliphatic heterocycles. The number of ether oxygens (including phenoxy) is 1. The van der Waals surface area contributed by atoms with Gasteiger partial charge in [-0.25, -0.2) is 0 Å². The van der Waals surface area contributed by atoms with E-state index in [1.54, 1.807) is 13.0 Å². The van der Waals surface area contributed by atoms with Crippen molar-refractivity contribution < 1.29 is 14.6 Å². The minimum atomic E-state index is -0.438. The molecule has 0 saturated heterocycles. The quantitative estimate of drug-likeness (QED) is 0.615. The molecule has 1 atom stereocenters. The Labute approximate surface area is 150 Å². The van der Waals surface area contributed by atoms with E-state index in [1.807, 2.05) is 0 Å². The number of rotatable bonds is 3. The third kappa shape index (κ3) is 3.00. The molecule has 2 rings (SSSR count). The number of halogens is 2. The molecule has 5 nitrogen and oxygen atoms in total. The molecule has 1 heterocycles. The highest BCUT2D eigenvalue weighted by molar-refractivity contribution is 9.13. The van der Waals surface area contributed by atoms with Gasteiger partial charge in [0.2, 0.25) is 0 Å². The van der Waals surface area contributed by atoms with E-state index in [4.69, 9.17) is 17.0 Å². The summed E-state index contributed by atoms with van der Waals surface area (Å²) in [4.78, 5) is 12.0. The minimum absolute atomic E-state index is 0.0142. The van der Waals surface area contributed by atoms with Crippen molar-refractivity contribution >= 4 is 55.0 Å². The Bertz CT molecular complexity index is 704. The van der Waals surface area contributed by atoms with E-state index in [0.29, 0.717) is 31.1 Å². The maximum absolute atomic E-state index is 12.0. The zero-order valence-corrected chi connectivity index (χ0v) is 16.1. The van der Waals surface area contributed by atoms with Gasteiger partial charge >= 0.3 is 0 Å². The van der Waals surface area contributed by atoms with Crippen LogP contribution in [0, 0.1) is 0 Å². The summed E-state index contributed by atoms with van der Waals surface area (Å²) < 4.78 is 6.26. The first-order valence-electron chi connectivity index (χ1n) is 6.32. The monoisotopic (exact) mass is 448 g/mol. The summed E-state index contributed by atoms with van der Waals surface area (Å²) in [6.45, 7) is 3.31. The summed E-state index contributed by atoms with van der Waals surface area (Å²) in [5.41, 5.74) is 2.01. The summed E-state index contributed by atoms with van der Waals surface area (Å²) >= 11 is 12.0. The number of carbonyl (C=O) groups is 1. The lowest BCUT2D eigenvalue weighted by Gasteiger charge is -2.31. The standard InChI is InChI=1S/C14H14Br2N2O3S/c1-5-9(6(2)19)12(18-14(22)17-5)7-4-8(21-3)13(20)11(16)10(7)15/h4,12,20H,1-3H3,(H2,17,18,22)/t12-/m0/s1. The number of carbonyl (C=O) groups excluding carboxylic acids is 1. The number of phenols is 1. The zero-order chi connectivity index (χ0) is 16.6. The highest BCUT2D eigenvalue weighted by Gasteiger charge is 2.31. The van der Waals surface area contributed by atoms with Crippen LogP contribution in [0.1, 0.15) is 25.5 Å². The fraction of sp³-hybridized carbons (Fsp3) is 0.286. The molecular formula is C14H14Br2N2O3S. The van der Waals surface area contributed by atoms with Crippen LogP contribution in [0.4, 0.5) is 0 Å². The van der Waals surface area contributed by atoms with E-state index >= 15 is 0 Å². The van der Waals surface area contributed by atoms with Crippen molar-refractivity contribution in [3.05, 3.63) is 31.8 Å². The van der Waals surface area contributed by atoms with Gasteiger partial charge in [0.1, 0.15) is 0 Å². The van der Waals surface area contributed by atoms with Gasteiger partial charge in [0, 0.05) is 15.7 Å². The van der Waals surface area contributed by atoms with Crippen molar-refractivity contribution in [2.75, 3.05) is 7.11 Å². The van der Waals surface area contributed by atoms with Crippen LogP contribution in [0.25, 0.3) is 0 Å². The number of phenolic OH excluding ortho intramolecular Hbond substituents is 1. The topological polar surface area (TPSA) is 70.6 Å². The average molecular weight is 450 g/mol. The highest BCUT2D eigenvalue weighted by Crippen LogP contribution is 2.45. The molecule has 8 heteroatoms. The molecule has 0 saturated carbocycles. The zero-order valence-electron chi connectivity index (χ0n) is 12.1. The lowest BCUT2D eigenvalue weighted by atomic mass is 9.93. The van der Waals surface area contributed by atoms with E-state index in [1.165, 1.54) is 14.0 Å². The van der Waals surface area contributed by atoms with E-state index < -0.39 is 6.04 Å². The van der Waals surface area contributed by atoms with Crippen LogP contribution in [0.5, 0.6) is 11.5 Å². The van der Waals surface area contributed by atoms with Crippen LogP contribution in [0.3, 0.4) is 0 Å². The Morgan fingerprint density at radius 2 is 2.05 bits per heavy atom. The lowest BCUT2D eigenvalue weighted by molar-refractivity contribution is -0.114. The van der Waals surface area contributed by atoms with Gasteiger partial charge in [0.25, 0.3) is 0 Å². The van der Waals surface area contributed by atoms with Gasteiger partial charge in [-0.3, -0.25) is 4.79 Å². The summed E-state index contributed by atoms with van der Waals surface area (Å²) in [7, 11) is 1.46. The van der Waals surface area contributed by atoms with Crippen molar-refractivity contribution in [1.82, 2.24) is 10.6 Å². The average Bonchev–Trinajstić information content (AvgIpc) is 2.43. The number of hydrogen-bond acceptors (Lipinski definition) is 4. The highest BCUT2D eigenvalue weighted by atomic mass is 79.9. The Morgan fingerprint density at radius 3 is 2.59 bits per heavy atom. The summed E-state index contributed by atoms with van der Waals surface area (Å²) in [5, 5.41) is 16.5. The van der Waals surface area contributed by atoms with E-state index in [9.17, 15) is 9.90 Å². The minimum Gasteiger partial charge on any atom is -0.503 e. The second kappa shape index (κ2) is 6.55. The first-order valence-corrected chi connectivity index (χ1v) is 8.31. The maximum Gasteiger partial charge on any atom is 0.173 e. The molecule has 1 aromatic rings. The molecule has 3 N–H and O–H groups in total. The molecule has 1 aromatic carbocycles. The first kappa shape index (κ1) is 17.2. The van der Waals surface area contributed by atoms with E-state index in [0.717, 1.165) is 5.56 Å². The molecule has 0 spiro atoms. The molecule has 118 valence electrons. The number of thiocarbonyl (C=S) groups is 1. The van der Waals surface area contributed by atoms with Crippen molar-refractivity contribution in [3.8, 4) is 11.5 Å². The van der Waals surface area contributed by atoms with Gasteiger partial charge in [0.15, 0.2) is 22.4 Å². The molecule has 0 aromatic heterocycles. The van der Waals surface area contributed by atoms with Gasteiger partial charge in [0.05, 0.1) is 17.6 Å². The van der Waals surface area contributed by atoms with Gasteiger partial charge in [-0.2, -0.15) is 0 Å². The summed E-state index contributed by atoms with van der Waals surface area (Å²) in [6, 6.07) is 1.23. The van der Waals surface area contributed by atoms with Gasteiger partial charge in [-0.1, -0.05) is 0 Å². The molecule has 22 heavy (non-hydrogen) atoms. The van der Waals surface area contributed by atoms with Crippen molar-refractivity contribution in [1.29, 1.82) is 0 Å². The Kier molecular flexibility index (Phi) is 5.14. The third-order valence-corrected chi connectivity index (χ3v) is 5.73. The summed E-state index contributed by atoms with van der Waals surface area (Å²) in [6.07, 6.45) is 0. The first-order chi connectivity index (χ1) is 10.3. The Morgan fingerprint density at radius 1 is 1.41 bits per heavy atom. The fourth-order valence-electron chi connectivity index (χ4n) is 2.37. The largest absolute Gasteiger partial charge is 0.503 e. The normalized spacial score (nSPS) is 17.9. The molecule has 0 bridgehead atoms. The molecule has 0 aliphatic carbocycles. The van der Waals surface area contributed by atoms with Crippen LogP contribution in [-0.4, -0.2) is 23.1 Å². The van der Waals surface area contributed by atoms with Crippen LogP contribution in [0.15, 0.2) is 26.3 Å². The van der Waals surface area contributed by atoms with E-state index in [2.05, 4.69) is 42.5 Å². The molecule has 0 amide bonds. The number of hydrogen-bond donors (Lipinski definition) is 3. The second-order valence-electron chi connectivity index (χ2n) is 4.77. The van der Waals surface area contributed by atoms with E-state index in [-0.39, 0.29) is 11.5 Å². The molecule has 0 radical (unpaired) electrons. The van der Waals surface area contributed by atoms with Crippen LogP contribution in [-0.2, 0) is 4.79 Å². The van der Waals surface area contributed by atoms with Gasteiger partial charge in [-0.05, 0) is 69.6 Å². The van der Waals surface area contributed by atoms with Crippen molar-refractivity contribution in [2.45, 2.75) is 19.9 Å². The number of allylic oxidation sites excluding steroid dienone is 1. The molecule has 1 aliphatic rings. The van der Waals surface area contributed by atoms with Crippen molar-refractivity contribution in [2.24, 2.45) is 0 Å². The Hall–Kier alpha value is -1.12. The maximum atomic E-state index is 12.0. The SMILES string of the molecule is COc1cc([C@@H]2NC(=S)NC(C)=C2C(C)=O)c(Br)c(Br)c1O. The predicted octanol–water partition coefficient (Wildman–Crippen LogP) is 3.31. The van der Waals surface area contributed by atoms with Crippen LogP contribution < -0.4 is 15.4 Å². The van der Waals surface area contributed by atoms with Gasteiger partial charge in [-0.15, -0.1) is 0 Å². The lowest BCUT2D eigenvalue weighted by Crippen LogP contribution is -2.44. The second-order valence-corrected chi connectivity index (χ2v) is 6.77. The molecule has 0 fully saturated rings. The molecular weight excluding hydrogens is 436 g/mol. The number of aromatic hydroxyl groups is 1. The van der Waals surface area contributed by atoms with Crippen LogP contribution >= 0.6 is 44.1 Å². The third-order valence-electron chi connectivity index (χ3n) is 3.35.